The normalized spacial score (nSPS) is 17.4. The first-order chi connectivity index (χ1) is 13.1. The monoisotopic (exact) mass is 403 g/mol. The van der Waals surface area contributed by atoms with E-state index in [2.05, 4.69) is 5.10 Å². The van der Waals surface area contributed by atoms with E-state index in [4.69, 9.17) is 16.3 Å². The van der Waals surface area contributed by atoms with Crippen LogP contribution in [0.1, 0.15) is 16.9 Å². The van der Waals surface area contributed by atoms with Gasteiger partial charge in [-0.3, -0.25) is 9.59 Å². The van der Waals surface area contributed by atoms with Crippen LogP contribution in [-0.4, -0.2) is 48.8 Å². The Labute approximate surface area is 166 Å². The quantitative estimate of drug-likeness (QED) is 0.788. The molecule has 8 heteroatoms. The smallest absolute Gasteiger partial charge is 0.253 e. The summed E-state index contributed by atoms with van der Waals surface area (Å²) < 4.78 is 5.88. The van der Waals surface area contributed by atoms with Crippen molar-refractivity contribution in [2.45, 2.75) is 12.8 Å². The number of carbonyl (C=O) groups is 2. The largest absolute Gasteiger partial charge is 0.370 e. The fraction of sp³-hybridized carbons (Fsp3) is 0.316. The Morgan fingerprint density at radius 3 is 2.93 bits per heavy atom. The fourth-order valence-corrected chi connectivity index (χ4v) is 4.23. The highest BCUT2D eigenvalue weighted by molar-refractivity contribution is 7.18. The zero-order chi connectivity index (χ0) is 18.8. The van der Waals surface area contributed by atoms with E-state index in [-0.39, 0.29) is 24.8 Å². The van der Waals surface area contributed by atoms with Crippen LogP contribution in [0.15, 0.2) is 41.5 Å². The van der Waals surface area contributed by atoms with Crippen LogP contribution in [-0.2, 0) is 20.7 Å². The molecule has 2 amide bonds. The highest BCUT2D eigenvalue weighted by atomic mass is 35.5. The molecule has 0 unspecified atom stereocenters. The highest BCUT2D eigenvalue weighted by Crippen LogP contribution is 2.26. The predicted molar refractivity (Wildman–Crippen MR) is 106 cm³/mol. The van der Waals surface area contributed by atoms with Gasteiger partial charge < -0.3 is 9.64 Å². The lowest BCUT2D eigenvalue weighted by Gasteiger charge is -2.27. The molecule has 0 saturated carbocycles. The van der Waals surface area contributed by atoms with Crippen molar-refractivity contribution in [3.05, 3.63) is 51.2 Å². The van der Waals surface area contributed by atoms with Gasteiger partial charge in [-0.25, -0.2) is 5.01 Å². The second-order valence-corrected chi connectivity index (χ2v) is 8.08. The van der Waals surface area contributed by atoms with Crippen LogP contribution in [0, 0.1) is 0 Å². The minimum absolute atomic E-state index is 0.0573. The van der Waals surface area contributed by atoms with Crippen molar-refractivity contribution in [1.29, 1.82) is 0 Å². The summed E-state index contributed by atoms with van der Waals surface area (Å²) in [7, 11) is 0. The number of rotatable bonds is 4. The SMILES string of the molecule is O=C(Cc1cccc(N2CCOCC2=O)c1)N1CCC(c2ccc(Cl)s2)=N1. The Bertz CT molecular complexity index is 911. The van der Waals surface area contributed by atoms with Crippen molar-refractivity contribution in [2.24, 2.45) is 5.10 Å². The maximum Gasteiger partial charge on any atom is 0.253 e. The standard InChI is InChI=1S/C19H18ClN3O3S/c20-17-5-4-16(27-17)15-6-7-23(21-15)18(24)11-13-2-1-3-14(10-13)22-8-9-26-12-19(22)25/h1-5,10H,6-9,11-12H2. The van der Waals surface area contributed by atoms with E-state index in [1.165, 1.54) is 16.3 Å². The number of amides is 2. The molecule has 1 aromatic carbocycles. The van der Waals surface area contributed by atoms with Gasteiger partial charge in [0, 0.05) is 18.7 Å². The number of anilines is 1. The number of hydrogen-bond acceptors (Lipinski definition) is 5. The fourth-order valence-electron chi connectivity index (χ4n) is 3.17. The average Bonchev–Trinajstić information content (AvgIpc) is 3.31. The summed E-state index contributed by atoms with van der Waals surface area (Å²) in [5.41, 5.74) is 2.56. The molecule has 0 radical (unpaired) electrons. The van der Waals surface area contributed by atoms with Crippen LogP contribution in [0.3, 0.4) is 0 Å². The van der Waals surface area contributed by atoms with E-state index in [1.807, 2.05) is 36.4 Å². The van der Waals surface area contributed by atoms with Crippen molar-refractivity contribution in [1.82, 2.24) is 5.01 Å². The third kappa shape index (κ3) is 4.05. The zero-order valence-electron chi connectivity index (χ0n) is 14.6. The van der Waals surface area contributed by atoms with E-state index in [1.54, 1.807) is 4.90 Å². The molecule has 2 aliphatic rings. The third-order valence-corrected chi connectivity index (χ3v) is 5.79. The lowest BCUT2D eigenvalue weighted by atomic mass is 10.1. The Morgan fingerprint density at radius 2 is 2.15 bits per heavy atom. The number of nitrogens with zero attached hydrogens (tertiary/aromatic N) is 3. The molecule has 3 heterocycles. The third-order valence-electron chi connectivity index (χ3n) is 4.51. The number of morpholine rings is 1. The van der Waals surface area contributed by atoms with Crippen molar-refractivity contribution < 1.29 is 14.3 Å². The number of hydrogen-bond donors (Lipinski definition) is 0. The molecule has 0 N–H and O–H groups in total. The molecule has 0 atom stereocenters. The van der Waals surface area contributed by atoms with Crippen LogP contribution in [0.25, 0.3) is 0 Å². The molecule has 2 aromatic rings. The Morgan fingerprint density at radius 1 is 1.26 bits per heavy atom. The molecule has 2 aliphatic heterocycles. The molecule has 140 valence electrons. The summed E-state index contributed by atoms with van der Waals surface area (Å²) in [4.78, 5) is 27.4. The van der Waals surface area contributed by atoms with Crippen LogP contribution in [0.5, 0.6) is 0 Å². The highest BCUT2D eigenvalue weighted by Gasteiger charge is 2.24. The van der Waals surface area contributed by atoms with Gasteiger partial charge in [0.1, 0.15) is 6.61 Å². The molecule has 0 spiro atoms. The topological polar surface area (TPSA) is 62.2 Å². The first-order valence-electron chi connectivity index (χ1n) is 8.71. The maximum atomic E-state index is 12.6. The number of halogens is 1. The summed E-state index contributed by atoms with van der Waals surface area (Å²) in [5, 5.41) is 5.99. The summed E-state index contributed by atoms with van der Waals surface area (Å²) in [6.45, 7) is 1.72. The molecule has 27 heavy (non-hydrogen) atoms. The van der Waals surface area contributed by atoms with Crippen LogP contribution < -0.4 is 4.90 Å². The van der Waals surface area contributed by atoms with Crippen LogP contribution >= 0.6 is 22.9 Å². The van der Waals surface area contributed by atoms with E-state index >= 15 is 0 Å². The van der Waals surface area contributed by atoms with Gasteiger partial charge in [0.2, 0.25) is 5.91 Å². The summed E-state index contributed by atoms with van der Waals surface area (Å²) in [6, 6.07) is 11.3. The van der Waals surface area contributed by atoms with Gasteiger partial charge in [-0.15, -0.1) is 11.3 Å². The minimum atomic E-state index is -0.0619. The second kappa shape index (κ2) is 7.80. The van der Waals surface area contributed by atoms with Gasteiger partial charge >= 0.3 is 0 Å². The summed E-state index contributed by atoms with van der Waals surface area (Å²) >= 11 is 7.45. The lowest BCUT2D eigenvalue weighted by Crippen LogP contribution is -2.41. The number of thiophene rings is 1. The molecule has 1 fully saturated rings. The second-order valence-electron chi connectivity index (χ2n) is 6.36. The summed E-state index contributed by atoms with van der Waals surface area (Å²) in [6.07, 6.45) is 0.971. The number of benzene rings is 1. The zero-order valence-corrected chi connectivity index (χ0v) is 16.1. The number of ether oxygens (including phenoxy) is 1. The molecular formula is C19H18ClN3O3S. The Hall–Kier alpha value is -2.22. The van der Waals surface area contributed by atoms with Crippen LogP contribution in [0.2, 0.25) is 4.34 Å². The van der Waals surface area contributed by atoms with Crippen molar-refractivity contribution >= 4 is 46.2 Å². The first-order valence-corrected chi connectivity index (χ1v) is 9.90. The molecule has 0 bridgehead atoms. The molecule has 6 nitrogen and oxygen atoms in total. The number of hydrazone groups is 1. The molecular weight excluding hydrogens is 386 g/mol. The van der Waals surface area contributed by atoms with E-state index in [0.717, 1.165) is 28.3 Å². The van der Waals surface area contributed by atoms with Gasteiger partial charge in [-0.2, -0.15) is 5.10 Å². The number of carbonyl (C=O) groups excluding carboxylic acids is 2. The lowest BCUT2D eigenvalue weighted by molar-refractivity contribution is -0.130. The van der Waals surface area contributed by atoms with Gasteiger partial charge in [0.05, 0.1) is 34.5 Å². The minimum Gasteiger partial charge on any atom is -0.370 e. The Balaban J connectivity index is 1.45. The first kappa shape index (κ1) is 18.2. The van der Waals surface area contributed by atoms with E-state index in [0.29, 0.717) is 24.0 Å². The molecule has 1 saturated heterocycles. The van der Waals surface area contributed by atoms with Gasteiger partial charge in [-0.1, -0.05) is 23.7 Å². The Kier molecular flexibility index (Phi) is 5.24. The molecule has 1 aromatic heterocycles. The van der Waals surface area contributed by atoms with Crippen molar-refractivity contribution in [2.75, 3.05) is 31.2 Å². The van der Waals surface area contributed by atoms with E-state index < -0.39 is 0 Å². The average molecular weight is 404 g/mol. The van der Waals surface area contributed by atoms with E-state index in [9.17, 15) is 9.59 Å². The summed E-state index contributed by atoms with van der Waals surface area (Å²) in [5.74, 6) is -0.119. The maximum absolute atomic E-state index is 12.6. The van der Waals surface area contributed by atoms with Gasteiger partial charge in [0.15, 0.2) is 0 Å². The predicted octanol–water partition coefficient (Wildman–Crippen LogP) is 2.94. The molecule has 4 rings (SSSR count). The van der Waals surface area contributed by atoms with Gasteiger partial charge in [0.25, 0.3) is 5.91 Å². The molecule has 0 aliphatic carbocycles. The van der Waals surface area contributed by atoms with Crippen LogP contribution in [0.4, 0.5) is 5.69 Å². The van der Waals surface area contributed by atoms with Gasteiger partial charge in [-0.05, 0) is 29.8 Å². The van der Waals surface area contributed by atoms with Crippen molar-refractivity contribution in [3.63, 3.8) is 0 Å². The van der Waals surface area contributed by atoms with Crippen molar-refractivity contribution in [3.8, 4) is 0 Å².